The highest BCUT2D eigenvalue weighted by atomic mass is 32.2. The molecule has 0 unspecified atom stereocenters. The Morgan fingerprint density at radius 3 is 2.76 bits per heavy atom. The third kappa shape index (κ3) is 3.46. The van der Waals surface area contributed by atoms with Crippen LogP contribution in [0.15, 0.2) is 35.8 Å². The molecular weight excluding hydrogens is 306 g/mol. The highest BCUT2D eigenvalue weighted by molar-refractivity contribution is 8.26. The predicted molar refractivity (Wildman–Crippen MR) is 89.6 cm³/mol. The van der Waals surface area contributed by atoms with Gasteiger partial charge in [-0.25, -0.2) is 0 Å². The second-order valence-electron chi connectivity index (χ2n) is 4.25. The first-order chi connectivity index (χ1) is 10.1. The van der Waals surface area contributed by atoms with E-state index in [1.165, 1.54) is 16.7 Å². The summed E-state index contributed by atoms with van der Waals surface area (Å²) < 4.78 is 11.4. The molecule has 1 fully saturated rings. The fourth-order valence-corrected chi connectivity index (χ4v) is 2.92. The molecule has 1 aromatic rings. The molecule has 0 atom stereocenters. The molecule has 1 aliphatic heterocycles. The number of hydrogen-bond acceptors (Lipinski definition) is 5. The van der Waals surface area contributed by atoms with Crippen molar-refractivity contribution in [1.82, 2.24) is 4.90 Å². The van der Waals surface area contributed by atoms with Crippen LogP contribution in [0.5, 0.6) is 11.5 Å². The number of likely N-dealkylation sites (N-methyl/N-ethyl adjacent to an activating group) is 1. The van der Waals surface area contributed by atoms with Crippen molar-refractivity contribution in [3.8, 4) is 11.5 Å². The van der Waals surface area contributed by atoms with Crippen LogP contribution < -0.4 is 9.47 Å². The van der Waals surface area contributed by atoms with Crippen LogP contribution in [0.3, 0.4) is 0 Å². The van der Waals surface area contributed by atoms with Crippen LogP contribution in [-0.4, -0.2) is 35.9 Å². The standard InChI is InChI=1S/C15H15NO3S2/c1-4-7-19-11-6-5-10(8-12(11)18-3)9-13-14(17)16(2)15(20)21-13/h4-6,8-9H,1,7H2,2-3H3/b13-9+. The van der Waals surface area contributed by atoms with Crippen molar-refractivity contribution in [1.29, 1.82) is 0 Å². The van der Waals surface area contributed by atoms with Gasteiger partial charge in [0.25, 0.3) is 5.91 Å². The average Bonchev–Trinajstić information content (AvgIpc) is 2.73. The molecule has 2 rings (SSSR count). The quantitative estimate of drug-likeness (QED) is 0.473. The maximum Gasteiger partial charge on any atom is 0.265 e. The van der Waals surface area contributed by atoms with Gasteiger partial charge in [0.05, 0.1) is 12.0 Å². The number of carbonyl (C=O) groups is 1. The highest BCUT2D eigenvalue weighted by Gasteiger charge is 2.28. The molecule has 1 aliphatic rings. The first-order valence-corrected chi connectivity index (χ1v) is 7.42. The lowest BCUT2D eigenvalue weighted by Crippen LogP contribution is -2.22. The molecule has 6 heteroatoms. The van der Waals surface area contributed by atoms with Crippen molar-refractivity contribution in [3.05, 3.63) is 41.3 Å². The lowest BCUT2D eigenvalue weighted by molar-refractivity contribution is -0.121. The zero-order valence-electron chi connectivity index (χ0n) is 11.8. The van der Waals surface area contributed by atoms with Crippen LogP contribution in [-0.2, 0) is 4.79 Å². The molecule has 0 N–H and O–H groups in total. The van der Waals surface area contributed by atoms with E-state index in [1.54, 1.807) is 32.4 Å². The Hall–Kier alpha value is -1.79. The lowest BCUT2D eigenvalue weighted by Gasteiger charge is -2.10. The molecule has 0 bridgehead atoms. The third-order valence-electron chi connectivity index (χ3n) is 2.83. The minimum absolute atomic E-state index is 0.0871. The van der Waals surface area contributed by atoms with Gasteiger partial charge in [0.15, 0.2) is 11.5 Å². The molecule has 21 heavy (non-hydrogen) atoms. The monoisotopic (exact) mass is 321 g/mol. The number of nitrogens with zero attached hydrogens (tertiary/aromatic N) is 1. The normalized spacial score (nSPS) is 16.5. The van der Waals surface area contributed by atoms with Gasteiger partial charge in [-0.3, -0.25) is 9.69 Å². The van der Waals surface area contributed by atoms with Crippen LogP contribution in [0.25, 0.3) is 6.08 Å². The molecule has 0 saturated carbocycles. The molecule has 0 aromatic heterocycles. The van der Waals surface area contributed by atoms with Gasteiger partial charge in [-0.05, 0) is 23.8 Å². The van der Waals surface area contributed by atoms with E-state index in [0.29, 0.717) is 27.3 Å². The first kappa shape index (κ1) is 15.6. The lowest BCUT2D eigenvalue weighted by atomic mass is 10.2. The van der Waals surface area contributed by atoms with Crippen LogP contribution in [0.2, 0.25) is 0 Å². The van der Waals surface area contributed by atoms with Gasteiger partial charge in [0.2, 0.25) is 0 Å². The van der Waals surface area contributed by atoms with E-state index in [1.807, 2.05) is 12.1 Å². The second kappa shape index (κ2) is 6.78. The number of rotatable bonds is 5. The number of methoxy groups -OCH3 is 1. The minimum Gasteiger partial charge on any atom is -0.493 e. The molecule has 1 aromatic carbocycles. The fraction of sp³-hybridized carbons (Fsp3) is 0.200. The number of ether oxygens (including phenoxy) is 2. The molecule has 1 heterocycles. The summed E-state index contributed by atoms with van der Waals surface area (Å²) in [6, 6.07) is 5.49. The van der Waals surface area contributed by atoms with E-state index in [-0.39, 0.29) is 5.91 Å². The van der Waals surface area contributed by atoms with Crippen molar-refractivity contribution in [2.24, 2.45) is 0 Å². The summed E-state index contributed by atoms with van der Waals surface area (Å²) in [5, 5.41) is 0. The molecule has 110 valence electrons. The maximum atomic E-state index is 12.0. The Morgan fingerprint density at radius 1 is 1.43 bits per heavy atom. The van der Waals surface area contributed by atoms with Crippen molar-refractivity contribution < 1.29 is 14.3 Å². The third-order valence-corrected chi connectivity index (χ3v) is 4.31. The van der Waals surface area contributed by atoms with E-state index in [2.05, 4.69) is 6.58 Å². The van der Waals surface area contributed by atoms with E-state index in [9.17, 15) is 4.79 Å². The van der Waals surface area contributed by atoms with Crippen LogP contribution in [0, 0.1) is 0 Å². The smallest absolute Gasteiger partial charge is 0.265 e. The van der Waals surface area contributed by atoms with Crippen molar-refractivity contribution in [2.45, 2.75) is 0 Å². The predicted octanol–water partition coefficient (Wildman–Crippen LogP) is 3.09. The Balaban J connectivity index is 2.27. The largest absolute Gasteiger partial charge is 0.493 e. The van der Waals surface area contributed by atoms with Gasteiger partial charge in [-0.1, -0.05) is 42.7 Å². The molecule has 0 aliphatic carbocycles. The van der Waals surface area contributed by atoms with Crippen molar-refractivity contribution in [3.63, 3.8) is 0 Å². The number of carbonyl (C=O) groups excluding carboxylic acids is 1. The van der Waals surface area contributed by atoms with Crippen LogP contribution >= 0.6 is 24.0 Å². The van der Waals surface area contributed by atoms with Crippen LogP contribution in [0.1, 0.15) is 5.56 Å². The summed E-state index contributed by atoms with van der Waals surface area (Å²) >= 11 is 6.39. The van der Waals surface area contributed by atoms with Gasteiger partial charge < -0.3 is 9.47 Å². The summed E-state index contributed by atoms with van der Waals surface area (Å²) in [6.45, 7) is 4.01. The number of hydrogen-bond donors (Lipinski definition) is 0. The first-order valence-electron chi connectivity index (χ1n) is 6.20. The number of amides is 1. The van der Waals surface area contributed by atoms with Crippen molar-refractivity contribution in [2.75, 3.05) is 20.8 Å². The molecule has 1 amide bonds. The summed E-state index contributed by atoms with van der Waals surface area (Å²) in [5.74, 6) is 1.16. The van der Waals surface area contributed by atoms with Gasteiger partial charge in [-0.15, -0.1) is 0 Å². The molecule has 0 spiro atoms. The Morgan fingerprint density at radius 2 is 2.19 bits per heavy atom. The maximum absolute atomic E-state index is 12.0. The average molecular weight is 321 g/mol. The van der Waals surface area contributed by atoms with Crippen LogP contribution in [0.4, 0.5) is 0 Å². The van der Waals surface area contributed by atoms with Gasteiger partial charge in [-0.2, -0.15) is 0 Å². The van der Waals surface area contributed by atoms with Gasteiger partial charge in [0.1, 0.15) is 10.9 Å². The van der Waals surface area contributed by atoms with E-state index < -0.39 is 0 Å². The summed E-state index contributed by atoms with van der Waals surface area (Å²) in [7, 11) is 3.25. The molecule has 0 radical (unpaired) electrons. The van der Waals surface area contributed by atoms with E-state index in [0.717, 1.165) is 5.56 Å². The summed E-state index contributed by atoms with van der Waals surface area (Å²) in [6.07, 6.45) is 3.46. The van der Waals surface area contributed by atoms with Gasteiger partial charge in [0, 0.05) is 7.05 Å². The fourth-order valence-electron chi connectivity index (χ4n) is 1.74. The van der Waals surface area contributed by atoms with Gasteiger partial charge >= 0.3 is 0 Å². The Bertz CT molecular complexity index is 625. The van der Waals surface area contributed by atoms with E-state index >= 15 is 0 Å². The topological polar surface area (TPSA) is 38.8 Å². The molecule has 1 saturated heterocycles. The van der Waals surface area contributed by atoms with Crippen molar-refractivity contribution >= 4 is 40.3 Å². The number of thiocarbonyl (C=S) groups is 1. The summed E-state index contributed by atoms with van der Waals surface area (Å²) in [5.41, 5.74) is 0.853. The highest BCUT2D eigenvalue weighted by Crippen LogP contribution is 2.33. The molecular formula is C15H15NO3S2. The molecule has 4 nitrogen and oxygen atoms in total. The van der Waals surface area contributed by atoms with E-state index in [4.69, 9.17) is 21.7 Å². The summed E-state index contributed by atoms with van der Waals surface area (Å²) in [4.78, 5) is 14.0. The second-order valence-corrected chi connectivity index (χ2v) is 5.93. The SMILES string of the molecule is C=CCOc1ccc(/C=C2/SC(=S)N(C)C2=O)cc1OC. The zero-order valence-corrected chi connectivity index (χ0v) is 13.4. The number of thioether (sulfide) groups is 1. The Kier molecular flexibility index (Phi) is 5.03. The zero-order chi connectivity index (χ0) is 15.4. The Labute approximate surface area is 133 Å². The number of benzene rings is 1. The minimum atomic E-state index is -0.0871.